The maximum atomic E-state index is 6.50. The van der Waals surface area contributed by atoms with Crippen molar-refractivity contribution in [1.82, 2.24) is 9.88 Å². The van der Waals surface area contributed by atoms with Gasteiger partial charge in [0, 0.05) is 29.9 Å². The minimum atomic E-state index is 0.0317. The van der Waals surface area contributed by atoms with Gasteiger partial charge in [-0.3, -0.25) is 0 Å². The van der Waals surface area contributed by atoms with E-state index in [0.29, 0.717) is 23.8 Å². The molecule has 0 aliphatic carbocycles. The summed E-state index contributed by atoms with van der Waals surface area (Å²) in [6, 6.07) is 3.57. The Morgan fingerprint density at radius 2 is 1.95 bits per heavy atom. The molecule has 2 saturated heterocycles. The lowest BCUT2D eigenvalue weighted by Gasteiger charge is -2.39. The number of hydrogen-bond acceptors (Lipinski definition) is 4. The summed E-state index contributed by atoms with van der Waals surface area (Å²) in [5, 5.41) is 0. The third-order valence-electron chi connectivity index (χ3n) is 5.09. The van der Waals surface area contributed by atoms with Crippen LogP contribution in [0.5, 0.6) is 0 Å². The van der Waals surface area contributed by atoms with Crippen LogP contribution in [0.25, 0.3) is 0 Å². The molecule has 3 heterocycles. The van der Waals surface area contributed by atoms with Crippen molar-refractivity contribution in [3.8, 4) is 0 Å². The summed E-state index contributed by atoms with van der Waals surface area (Å²) >= 11 is 0. The van der Waals surface area contributed by atoms with E-state index in [4.69, 9.17) is 11.5 Å². The van der Waals surface area contributed by atoms with Gasteiger partial charge in [-0.1, -0.05) is 0 Å². The molecule has 3 rings (SSSR count). The van der Waals surface area contributed by atoms with Crippen molar-refractivity contribution in [2.45, 2.75) is 50.7 Å². The maximum absolute atomic E-state index is 6.50. The Balaban J connectivity index is 1.81. The molecule has 19 heavy (non-hydrogen) atoms. The van der Waals surface area contributed by atoms with Crippen molar-refractivity contribution < 1.29 is 0 Å². The van der Waals surface area contributed by atoms with Gasteiger partial charge in [-0.15, -0.1) is 0 Å². The van der Waals surface area contributed by atoms with Gasteiger partial charge in [0.15, 0.2) is 0 Å². The SMILES string of the molecule is Cc1cnc(N)c(C(N)C2CC3CCC(C2)N3C)c1. The molecule has 0 radical (unpaired) electrons. The highest BCUT2D eigenvalue weighted by Gasteiger charge is 2.40. The summed E-state index contributed by atoms with van der Waals surface area (Å²) in [6.45, 7) is 2.04. The minimum absolute atomic E-state index is 0.0317. The number of nitrogens with two attached hydrogens (primary N) is 2. The molecule has 4 nitrogen and oxygen atoms in total. The number of aryl methyl sites for hydroxylation is 1. The Labute approximate surface area is 115 Å². The fourth-order valence-corrected chi connectivity index (χ4v) is 3.87. The van der Waals surface area contributed by atoms with E-state index in [9.17, 15) is 0 Å². The molecule has 0 aromatic carbocycles. The second-order valence-electron chi connectivity index (χ2n) is 6.29. The molecule has 3 atom stereocenters. The van der Waals surface area contributed by atoms with Gasteiger partial charge < -0.3 is 16.4 Å². The average molecular weight is 260 g/mol. The average Bonchev–Trinajstić information content (AvgIpc) is 2.64. The van der Waals surface area contributed by atoms with Crippen LogP contribution in [0.2, 0.25) is 0 Å². The molecule has 0 saturated carbocycles. The van der Waals surface area contributed by atoms with Crippen LogP contribution in [-0.4, -0.2) is 29.0 Å². The molecule has 4 heteroatoms. The molecule has 0 amide bonds. The summed E-state index contributed by atoms with van der Waals surface area (Å²) in [4.78, 5) is 6.79. The maximum Gasteiger partial charge on any atom is 0.128 e. The van der Waals surface area contributed by atoms with Crippen LogP contribution in [-0.2, 0) is 0 Å². The number of anilines is 1. The molecule has 4 N–H and O–H groups in total. The number of nitrogen functional groups attached to an aromatic ring is 1. The molecule has 2 fully saturated rings. The van der Waals surface area contributed by atoms with Crippen LogP contribution in [0.15, 0.2) is 12.3 Å². The Morgan fingerprint density at radius 1 is 1.32 bits per heavy atom. The number of rotatable bonds is 2. The third-order valence-corrected chi connectivity index (χ3v) is 5.09. The lowest BCUT2D eigenvalue weighted by molar-refractivity contribution is 0.121. The first-order chi connectivity index (χ1) is 9.06. The minimum Gasteiger partial charge on any atom is -0.383 e. The highest BCUT2D eigenvalue weighted by molar-refractivity contribution is 5.43. The second-order valence-corrected chi connectivity index (χ2v) is 6.29. The normalized spacial score (nSPS) is 32.5. The first-order valence-corrected chi connectivity index (χ1v) is 7.25. The van der Waals surface area contributed by atoms with Gasteiger partial charge in [0.05, 0.1) is 0 Å². The largest absolute Gasteiger partial charge is 0.383 e. The van der Waals surface area contributed by atoms with Crippen LogP contribution in [0.1, 0.15) is 42.9 Å². The van der Waals surface area contributed by atoms with Crippen LogP contribution in [0, 0.1) is 12.8 Å². The lowest BCUT2D eigenvalue weighted by atomic mass is 9.82. The summed E-state index contributed by atoms with van der Waals surface area (Å²) in [6.07, 6.45) is 6.85. The van der Waals surface area contributed by atoms with E-state index >= 15 is 0 Å². The fraction of sp³-hybridized carbons (Fsp3) is 0.667. The van der Waals surface area contributed by atoms with Crippen LogP contribution >= 0.6 is 0 Å². The molecule has 1 aromatic rings. The topological polar surface area (TPSA) is 68.2 Å². The number of aromatic nitrogens is 1. The quantitative estimate of drug-likeness (QED) is 0.851. The Bertz CT molecular complexity index is 459. The number of nitrogens with zero attached hydrogens (tertiary/aromatic N) is 2. The zero-order valence-electron chi connectivity index (χ0n) is 11.8. The van der Waals surface area contributed by atoms with Crippen molar-refractivity contribution in [3.63, 3.8) is 0 Å². The highest BCUT2D eigenvalue weighted by atomic mass is 15.2. The number of hydrogen-bond donors (Lipinski definition) is 2. The van der Waals surface area contributed by atoms with Gasteiger partial charge in [-0.05, 0) is 57.2 Å². The van der Waals surface area contributed by atoms with Crippen molar-refractivity contribution >= 4 is 5.82 Å². The summed E-state index contributed by atoms with van der Waals surface area (Å²) in [5.74, 6) is 1.14. The second kappa shape index (κ2) is 4.76. The molecular weight excluding hydrogens is 236 g/mol. The van der Waals surface area contributed by atoms with Crippen molar-refractivity contribution in [3.05, 3.63) is 23.4 Å². The van der Waals surface area contributed by atoms with Gasteiger partial charge in [0.2, 0.25) is 0 Å². The zero-order valence-corrected chi connectivity index (χ0v) is 11.8. The number of pyridine rings is 1. The molecule has 2 bridgehead atoms. The molecule has 104 valence electrons. The lowest BCUT2D eigenvalue weighted by Crippen LogP contribution is -2.42. The van der Waals surface area contributed by atoms with Crippen molar-refractivity contribution in [1.29, 1.82) is 0 Å². The van der Waals surface area contributed by atoms with Crippen molar-refractivity contribution in [2.75, 3.05) is 12.8 Å². The van der Waals surface area contributed by atoms with Gasteiger partial charge in [0.1, 0.15) is 5.82 Å². The zero-order chi connectivity index (χ0) is 13.6. The van der Waals surface area contributed by atoms with E-state index in [2.05, 4.69) is 23.0 Å². The molecular formula is C15H24N4. The number of piperidine rings is 1. The fourth-order valence-electron chi connectivity index (χ4n) is 3.87. The summed E-state index contributed by atoms with van der Waals surface area (Å²) in [5.41, 5.74) is 14.7. The first-order valence-electron chi connectivity index (χ1n) is 7.25. The van der Waals surface area contributed by atoms with Crippen LogP contribution in [0.3, 0.4) is 0 Å². The molecule has 1 aromatic heterocycles. The smallest absolute Gasteiger partial charge is 0.128 e. The number of fused-ring (bicyclic) bond motifs is 2. The molecule has 3 unspecified atom stereocenters. The Kier molecular flexibility index (Phi) is 3.23. The van der Waals surface area contributed by atoms with Gasteiger partial charge in [0.25, 0.3) is 0 Å². The molecule has 2 aliphatic rings. The van der Waals surface area contributed by atoms with Gasteiger partial charge in [-0.2, -0.15) is 0 Å². The Hall–Kier alpha value is -1.13. The van der Waals surface area contributed by atoms with Gasteiger partial charge >= 0.3 is 0 Å². The van der Waals surface area contributed by atoms with E-state index in [-0.39, 0.29) is 6.04 Å². The third kappa shape index (κ3) is 2.23. The highest BCUT2D eigenvalue weighted by Crippen LogP contribution is 2.42. The van der Waals surface area contributed by atoms with E-state index in [0.717, 1.165) is 11.1 Å². The predicted octanol–water partition coefficient (Wildman–Crippen LogP) is 1.84. The summed E-state index contributed by atoms with van der Waals surface area (Å²) in [7, 11) is 2.26. The molecule has 0 spiro atoms. The van der Waals surface area contributed by atoms with Crippen LogP contribution in [0.4, 0.5) is 5.82 Å². The van der Waals surface area contributed by atoms with Crippen LogP contribution < -0.4 is 11.5 Å². The van der Waals surface area contributed by atoms with Crippen molar-refractivity contribution in [2.24, 2.45) is 11.7 Å². The molecule has 2 aliphatic heterocycles. The van der Waals surface area contributed by atoms with Gasteiger partial charge in [-0.25, -0.2) is 4.98 Å². The Morgan fingerprint density at radius 3 is 2.58 bits per heavy atom. The van der Waals surface area contributed by atoms with E-state index < -0.39 is 0 Å². The monoisotopic (exact) mass is 260 g/mol. The van der Waals surface area contributed by atoms with E-state index in [1.807, 2.05) is 13.1 Å². The summed E-state index contributed by atoms with van der Waals surface area (Å²) < 4.78 is 0. The standard InChI is InChI=1S/C15H24N4/c1-9-5-13(15(17)18-8-9)14(16)10-6-11-3-4-12(7-10)19(11)2/h5,8,10-12,14H,3-4,6-7,16H2,1-2H3,(H2,17,18). The first kappa shape index (κ1) is 12.9. The van der Waals surface area contributed by atoms with E-state index in [1.54, 1.807) is 0 Å². The van der Waals surface area contributed by atoms with E-state index in [1.165, 1.54) is 25.7 Å². The predicted molar refractivity (Wildman–Crippen MR) is 77.6 cm³/mol.